The molecule has 2 aromatic heterocycles. The van der Waals surface area contributed by atoms with Gasteiger partial charge in [-0.25, -0.2) is 9.97 Å². The number of amides is 1. The summed E-state index contributed by atoms with van der Waals surface area (Å²) in [6.45, 7) is 11.3. The van der Waals surface area contributed by atoms with Crippen molar-refractivity contribution in [2.24, 2.45) is 17.8 Å². The molecular formula is C24H34N4O2. The van der Waals surface area contributed by atoms with Crippen molar-refractivity contribution in [1.29, 1.82) is 0 Å². The van der Waals surface area contributed by atoms with Gasteiger partial charge < -0.3 is 9.84 Å². The van der Waals surface area contributed by atoms with Crippen LogP contribution in [0.2, 0.25) is 0 Å². The lowest BCUT2D eigenvalue weighted by Gasteiger charge is -2.30. The van der Waals surface area contributed by atoms with Gasteiger partial charge in [-0.3, -0.25) is 4.79 Å². The maximum atomic E-state index is 12.1. The minimum atomic E-state index is -0.105. The molecule has 4 rings (SSSR count). The van der Waals surface area contributed by atoms with Crippen molar-refractivity contribution in [3.8, 4) is 11.3 Å². The van der Waals surface area contributed by atoms with Gasteiger partial charge in [-0.15, -0.1) is 0 Å². The summed E-state index contributed by atoms with van der Waals surface area (Å²) >= 11 is 0. The van der Waals surface area contributed by atoms with E-state index in [2.05, 4.69) is 43.2 Å². The first-order chi connectivity index (χ1) is 14.2. The quantitative estimate of drug-likeness (QED) is 0.767. The summed E-state index contributed by atoms with van der Waals surface area (Å²) in [7, 11) is 0. The highest BCUT2D eigenvalue weighted by Crippen LogP contribution is 2.40. The predicted octanol–water partition coefficient (Wildman–Crippen LogP) is 4.78. The number of hydrogen-bond acceptors (Lipinski definition) is 5. The second-order valence-electron chi connectivity index (χ2n) is 10.4. The fraction of sp³-hybridized carbons (Fsp3) is 0.667. The van der Waals surface area contributed by atoms with Crippen molar-refractivity contribution in [2.75, 3.05) is 6.54 Å². The van der Waals surface area contributed by atoms with Gasteiger partial charge in [0.25, 0.3) is 0 Å². The van der Waals surface area contributed by atoms with Gasteiger partial charge in [-0.2, -0.15) is 0 Å². The SMILES string of the molecule is Cc1cc(-c2cnc(C(C)(C)C)nc2C2CCC(CNC(=O)C3CC3C)CC2)on1. The van der Waals surface area contributed by atoms with Crippen molar-refractivity contribution in [1.82, 2.24) is 20.4 Å². The van der Waals surface area contributed by atoms with E-state index in [4.69, 9.17) is 9.51 Å². The maximum absolute atomic E-state index is 12.1. The Bertz CT molecular complexity index is 906. The molecule has 0 spiro atoms. The molecule has 0 bridgehead atoms. The average molecular weight is 411 g/mol. The fourth-order valence-corrected chi connectivity index (χ4v) is 4.45. The molecule has 2 unspecified atom stereocenters. The minimum absolute atomic E-state index is 0.105. The summed E-state index contributed by atoms with van der Waals surface area (Å²) in [5, 5.41) is 7.24. The number of aromatic nitrogens is 3. The Morgan fingerprint density at radius 1 is 1.23 bits per heavy atom. The lowest BCUT2D eigenvalue weighted by atomic mass is 9.79. The summed E-state index contributed by atoms with van der Waals surface area (Å²) < 4.78 is 5.55. The maximum Gasteiger partial charge on any atom is 0.223 e. The molecule has 2 aliphatic rings. The Morgan fingerprint density at radius 3 is 2.50 bits per heavy atom. The van der Waals surface area contributed by atoms with Crippen molar-refractivity contribution < 1.29 is 9.32 Å². The summed E-state index contributed by atoms with van der Waals surface area (Å²) in [6.07, 6.45) is 7.31. The van der Waals surface area contributed by atoms with Gasteiger partial charge in [0.2, 0.25) is 5.91 Å². The molecule has 0 radical (unpaired) electrons. The third-order valence-electron chi connectivity index (χ3n) is 6.63. The smallest absolute Gasteiger partial charge is 0.223 e. The molecule has 0 saturated heterocycles. The normalized spacial score (nSPS) is 26.4. The molecule has 0 aromatic carbocycles. The van der Waals surface area contributed by atoms with Crippen LogP contribution in [0.3, 0.4) is 0 Å². The zero-order valence-electron chi connectivity index (χ0n) is 18.9. The van der Waals surface area contributed by atoms with Crippen LogP contribution in [0, 0.1) is 24.7 Å². The van der Waals surface area contributed by atoms with E-state index in [1.165, 1.54) is 0 Å². The molecule has 6 heteroatoms. The zero-order chi connectivity index (χ0) is 21.5. The van der Waals surface area contributed by atoms with E-state index in [0.29, 0.717) is 17.8 Å². The largest absolute Gasteiger partial charge is 0.356 e. The number of nitrogens with one attached hydrogen (secondary N) is 1. The number of rotatable bonds is 5. The van der Waals surface area contributed by atoms with Crippen LogP contribution >= 0.6 is 0 Å². The van der Waals surface area contributed by atoms with Gasteiger partial charge in [-0.1, -0.05) is 32.9 Å². The highest BCUT2D eigenvalue weighted by Gasteiger charge is 2.39. The third-order valence-corrected chi connectivity index (χ3v) is 6.63. The van der Waals surface area contributed by atoms with Gasteiger partial charge in [0, 0.05) is 36.1 Å². The molecule has 0 aliphatic heterocycles. The van der Waals surface area contributed by atoms with Crippen molar-refractivity contribution >= 4 is 5.91 Å². The Balaban J connectivity index is 1.47. The van der Waals surface area contributed by atoms with E-state index in [0.717, 1.165) is 67.2 Å². The first-order valence-corrected chi connectivity index (χ1v) is 11.3. The van der Waals surface area contributed by atoms with Gasteiger partial charge in [0.05, 0.1) is 17.0 Å². The van der Waals surface area contributed by atoms with Crippen molar-refractivity contribution in [2.45, 2.75) is 78.1 Å². The number of carbonyl (C=O) groups is 1. The fourth-order valence-electron chi connectivity index (χ4n) is 4.45. The van der Waals surface area contributed by atoms with E-state index >= 15 is 0 Å². The standard InChI is InChI=1S/C24H34N4O2/c1-14-10-18(14)22(29)25-12-16-6-8-17(9-7-16)21-19(20-11-15(2)28-30-20)13-26-23(27-21)24(3,4)5/h11,13-14,16-18H,6-10,12H2,1-5H3,(H,25,29). The lowest BCUT2D eigenvalue weighted by Crippen LogP contribution is -2.32. The molecule has 2 aromatic rings. The number of aryl methyl sites for hydroxylation is 1. The molecule has 2 saturated carbocycles. The molecule has 162 valence electrons. The van der Waals surface area contributed by atoms with Crippen LogP contribution in [-0.4, -0.2) is 27.6 Å². The minimum Gasteiger partial charge on any atom is -0.356 e. The molecule has 6 nitrogen and oxygen atoms in total. The Kier molecular flexibility index (Phi) is 5.69. The van der Waals surface area contributed by atoms with Crippen LogP contribution < -0.4 is 5.32 Å². The summed E-state index contributed by atoms with van der Waals surface area (Å²) in [5.74, 6) is 3.61. The van der Waals surface area contributed by atoms with E-state index in [9.17, 15) is 4.79 Å². The predicted molar refractivity (Wildman–Crippen MR) is 116 cm³/mol. The highest BCUT2D eigenvalue weighted by molar-refractivity contribution is 5.81. The topological polar surface area (TPSA) is 80.9 Å². The van der Waals surface area contributed by atoms with Gasteiger partial charge >= 0.3 is 0 Å². The van der Waals surface area contributed by atoms with Gasteiger partial charge in [0.1, 0.15) is 5.82 Å². The number of carbonyl (C=O) groups excluding carboxylic acids is 1. The monoisotopic (exact) mass is 410 g/mol. The number of nitrogens with zero attached hydrogens (tertiary/aromatic N) is 3. The third kappa shape index (κ3) is 4.57. The Morgan fingerprint density at radius 2 is 1.93 bits per heavy atom. The molecule has 2 fully saturated rings. The van der Waals surface area contributed by atoms with Crippen LogP contribution in [0.4, 0.5) is 0 Å². The molecule has 2 aliphatic carbocycles. The van der Waals surface area contributed by atoms with Crippen molar-refractivity contribution in [3.05, 3.63) is 29.5 Å². The summed E-state index contributed by atoms with van der Waals surface area (Å²) in [4.78, 5) is 21.8. The summed E-state index contributed by atoms with van der Waals surface area (Å²) in [6, 6.07) is 1.96. The second kappa shape index (κ2) is 8.12. The van der Waals surface area contributed by atoms with Gasteiger partial charge in [-0.05, 0) is 50.9 Å². The van der Waals surface area contributed by atoms with E-state index in [1.54, 1.807) is 0 Å². The Labute approximate surface area is 179 Å². The molecule has 1 N–H and O–H groups in total. The lowest BCUT2D eigenvalue weighted by molar-refractivity contribution is -0.122. The van der Waals surface area contributed by atoms with Crippen LogP contribution in [0.25, 0.3) is 11.3 Å². The van der Waals surface area contributed by atoms with Crippen molar-refractivity contribution in [3.63, 3.8) is 0 Å². The van der Waals surface area contributed by atoms with Crippen LogP contribution in [0.5, 0.6) is 0 Å². The van der Waals surface area contributed by atoms with Gasteiger partial charge in [0.15, 0.2) is 5.76 Å². The van der Waals surface area contributed by atoms with Crippen LogP contribution in [0.15, 0.2) is 16.8 Å². The zero-order valence-corrected chi connectivity index (χ0v) is 18.9. The second-order valence-corrected chi connectivity index (χ2v) is 10.4. The van der Waals surface area contributed by atoms with E-state index < -0.39 is 0 Å². The van der Waals surface area contributed by atoms with E-state index in [1.807, 2.05) is 19.2 Å². The molecule has 1 amide bonds. The van der Waals surface area contributed by atoms with Crippen LogP contribution in [-0.2, 0) is 10.2 Å². The molecule has 2 heterocycles. The molecule has 2 atom stereocenters. The van der Waals surface area contributed by atoms with E-state index in [-0.39, 0.29) is 17.2 Å². The average Bonchev–Trinajstić information content (AvgIpc) is 3.29. The Hall–Kier alpha value is -2.24. The first kappa shape index (κ1) is 21.0. The first-order valence-electron chi connectivity index (χ1n) is 11.3. The summed E-state index contributed by atoms with van der Waals surface area (Å²) in [5.41, 5.74) is 2.80. The van der Waals surface area contributed by atoms with Crippen LogP contribution in [0.1, 0.15) is 82.9 Å². The molecule has 30 heavy (non-hydrogen) atoms. The highest BCUT2D eigenvalue weighted by atomic mass is 16.5. The number of hydrogen-bond donors (Lipinski definition) is 1. The molecular weight excluding hydrogens is 376 g/mol.